The van der Waals surface area contributed by atoms with Crippen LogP contribution in [-0.4, -0.2) is 83.1 Å². The Labute approximate surface area is 322 Å². The van der Waals surface area contributed by atoms with Gasteiger partial charge in [-0.25, -0.2) is 17.8 Å². The number of hydrogen-bond acceptors (Lipinski definition) is 8. The van der Waals surface area contributed by atoms with Gasteiger partial charge in [-0.2, -0.15) is 5.10 Å². The van der Waals surface area contributed by atoms with E-state index in [2.05, 4.69) is 26.4 Å². The molecule has 2 amide bonds. The van der Waals surface area contributed by atoms with Gasteiger partial charge in [-0.1, -0.05) is 25.3 Å². The van der Waals surface area contributed by atoms with E-state index < -0.39 is 21.2 Å². The van der Waals surface area contributed by atoms with E-state index in [0.717, 1.165) is 70.2 Å². The second-order valence-electron chi connectivity index (χ2n) is 14.9. The summed E-state index contributed by atoms with van der Waals surface area (Å²) in [6.45, 7) is 7.27. The molecule has 12 nitrogen and oxygen atoms in total. The van der Waals surface area contributed by atoms with Crippen LogP contribution < -0.4 is 9.46 Å². The lowest BCUT2D eigenvalue weighted by molar-refractivity contribution is 0.0302. The van der Waals surface area contributed by atoms with Crippen LogP contribution in [0.25, 0.3) is 39.5 Å². The van der Waals surface area contributed by atoms with E-state index in [9.17, 15) is 18.0 Å². The Bertz CT molecular complexity index is 2460. The predicted octanol–water partition coefficient (Wildman–Crippen LogP) is 6.99. The Morgan fingerprint density at radius 3 is 2.51 bits per heavy atom. The number of hydrogen-bond donors (Lipinski definition) is 1. The molecule has 0 radical (unpaired) electrons. The molecule has 1 N–H and O–H groups in total. The monoisotopic (exact) mass is 764 g/mol. The number of aryl methyl sites for hydroxylation is 1. The molecule has 0 unspecified atom stereocenters. The maximum Gasteiger partial charge on any atom is 0.264 e. The fourth-order valence-corrected chi connectivity index (χ4v) is 8.88. The smallest absolute Gasteiger partial charge is 0.264 e. The number of ether oxygens (including phenoxy) is 2. The van der Waals surface area contributed by atoms with E-state index in [4.69, 9.17) is 14.6 Å². The third-order valence-electron chi connectivity index (χ3n) is 11.2. The Balaban J connectivity index is 0.00000480. The molecule has 1 saturated heterocycles. The minimum atomic E-state index is -3.86. The normalized spacial score (nSPS) is 16.4. The van der Waals surface area contributed by atoms with Crippen molar-refractivity contribution in [2.75, 3.05) is 33.4 Å². The number of pyridine rings is 1. The van der Waals surface area contributed by atoms with E-state index in [1.165, 1.54) is 12.0 Å². The van der Waals surface area contributed by atoms with Crippen LogP contribution in [0.1, 0.15) is 96.4 Å². The van der Waals surface area contributed by atoms with Gasteiger partial charge in [0.05, 0.1) is 61.0 Å². The number of nitrogens with zero attached hydrogens (tertiary/aromatic N) is 5. The van der Waals surface area contributed by atoms with Gasteiger partial charge in [0.1, 0.15) is 5.75 Å². The Kier molecular flexibility index (Phi) is 9.85. The Hall–Kier alpha value is -5.27. The summed E-state index contributed by atoms with van der Waals surface area (Å²) >= 11 is 0. The Morgan fingerprint density at radius 2 is 1.78 bits per heavy atom. The van der Waals surface area contributed by atoms with E-state index in [1.807, 2.05) is 46.8 Å². The highest BCUT2D eigenvalue weighted by Crippen LogP contribution is 2.48. The third-order valence-corrected chi connectivity index (χ3v) is 12.9. The largest absolute Gasteiger partial charge is 0.497 e. The highest BCUT2D eigenvalue weighted by Gasteiger charge is 2.33. The fraction of sp³-hybridized carbons (Fsp3) is 0.381. The van der Waals surface area contributed by atoms with Crippen LogP contribution in [0.15, 0.2) is 61.1 Å². The molecule has 5 aromatic rings. The summed E-state index contributed by atoms with van der Waals surface area (Å²) < 4.78 is 43.3. The maximum absolute atomic E-state index is 14.4. The van der Waals surface area contributed by atoms with Crippen LogP contribution in [0.3, 0.4) is 0 Å². The minimum Gasteiger partial charge on any atom is -0.497 e. The van der Waals surface area contributed by atoms with Crippen molar-refractivity contribution < 1.29 is 28.9 Å². The number of benzene rings is 2. The van der Waals surface area contributed by atoms with Gasteiger partial charge in [0, 0.05) is 48.9 Å². The molecule has 3 aliphatic rings. The number of fused-ring (bicyclic) bond motifs is 5. The van der Waals surface area contributed by atoms with Crippen LogP contribution >= 0.6 is 0 Å². The number of aromatic nitrogens is 4. The zero-order valence-corrected chi connectivity index (χ0v) is 32.5. The van der Waals surface area contributed by atoms with Crippen molar-refractivity contribution in [1.29, 1.82) is 0 Å². The van der Waals surface area contributed by atoms with Gasteiger partial charge in [0.25, 0.3) is 11.8 Å². The number of amides is 2. The number of sulfonamides is 1. The van der Waals surface area contributed by atoms with Crippen LogP contribution in [0.4, 0.5) is 0 Å². The van der Waals surface area contributed by atoms with Crippen molar-refractivity contribution in [3.8, 4) is 22.7 Å². The highest BCUT2D eigenvalue weighted by atomic mass is 32.2. The molecule has 1 saturated carbocycles. The summed E-state index contributed by atoms with van der Waals surface area (Å²) in [6, 6.07) is 13.5. The van der Waals surface area contributed by atoms with Crippen LogP contribution in [0.5, 0.6) is 5.75 Å². The molecular weight excluding hydrogens is 717 g/mol. The molecule has 8 rings (SSSR count). The van der Waals surface area contributed by atoms with Crippen LogP contribution in [-0.2, 0) is 21.3 Å². The van der Waals surface area contributed by atoms with Crippen molar-refractivity contribution >= 4 is 44.4 Å². The summed E-state index contributed by atoms with van der Waals surface area (Å²) in [4.78, 5) is 34.2. The lowest BCUT2D eigenvalue weighted by Crippen LogP contribution is -2.41. The molecule has 2 fully saturated rings. The number of nitrogens with one attached hydrogen (secondary N) is 1. The van der Waals surface area contributed by atoms with Crippen molar-refractivity contribution in [3.63, 3.8) is 0 Å². The first-order chi connectivity index (χ1) is 26.6. The first-order valence-electron chi connectivity index (χ1n) is 19.0. The van der Waals surface area contributed by atoms with Gasteiger partial charge in [-0.05, 0) is 104 Å². The summed E-state index contributed by atoms with van der Waals surface area (Å²) in [7, 11) is -2.21. The lowest BCUT2D eigenvalue weighted by atomic mass is 9.81. The first-order valence-corrected chi connectivity index (χ1v) is 20.6. The summed E-state index contributed by atoms with van der Waals surface area (Å²) in [5.41, 5.74) is 8.93. The number of morpholine rings is 1. The van der Waals surface area contributed by atoms with Gasteiger partial charge < -0.3 is 18.9 Å². The van der Waals surface area contributed by atoms with Gasteiger partial charge >= 0.3 is 0 Å². The molecule has 2 aliphatic heterocycles. The SMILES string of the molecule is COc1ccc2c(c1)C=C(c1c(C(=O)N3CCOCC3)cnn1-c1ccncc1C)Cn1c-2c(C2CCCCC2)c2ccc(C(=O)NS(=O)(=O)C(C)C)cc21.[HH]. The van der Waals surface area contributed by atoms with Gasteiger partial charge in [0.2, 0.25) is 10.0 Å². The van der Waals surface area contributed by atoms with Crippen molar-refractivity contribution in [2.45, 2.75) is 70.6 Å². The molecule has 0 atom stereocenters. The lowest BCUT2D eigenvalue weighted by Gasteiger charge is -2.27. The summed E-state index contributed by atoms with van der Waals surface area (Å²) in [5.74, 6) is 0.183. The van der Waals surface area contributed by atoms with Gasteiger partial charge in [0.15, 0.2) is 0 Å². The van der Waals surface area contributed by atoms with E-state index in [-0.39, 0.29) is 18.8 Å². The number of rotatable bonds is 8. The molecular formula is C42H48N6O6S. The van der Waals surface area contributed by atoms with Crippen molar-refractivity contribution in [1.82, 2.24) is 29.0 Å². The minimum absolute atomic E-state index is 0. The summed E-state index contributed by atoms with van der Waals surface area (Å²) in [5, 5.41) is 5.12. The van der Waals surface area contributed by atoms with Crippen molar-refractivity contribution in [2.24, 2.45) is 0 Å². The van der Waals surface area contributed by atoms with Crippen LogP contribution in [0.2, 0.25) is 0 Å². The van der Waals surface area contributed by atoms with Gasteiger partial charge in [-0.15, -0.1) is 0 Å². The molecule has 5 heterocycles. The topological polar surface area (TPSA) is 138 Å². The Morgan fingerprint density at radius 1 is 1.00 bits per heavy atom. The second kappa shape index (κ2) is 14.8. The molecule has 13 heteroatoms. The molecule has 3 aromatic heterocycles. The zero-order chi connectivity index (χ0) is 38.4. The number of methoxy groups -OCH3 is 1. The molecule has 1 aliphatic carbocycles. The van der Waals surface area contributed by atoms with E-state index >= 15 is 0 Å². The predicted molar refractivity (Wildman–Crippen MR) is 214 cm³/mol. The van der Waals surface area contributed by atoms with Gasteiger partial charge in [-0.3, -0.25) is 14.6 Å². The molecule has 2 aromatic carbocycles. The second-order valence-corrected chi connectivity index (χ2v) is 17.2. The molecule has 288 valence electrons. The standard InChI is InChI=1S/C42H46N6O6S.H2/c1-26(2)55(51,52)45-41(49)29-10-12-34-37(22-29)47-25-31(20-30-21-32(53-4)11-13-33(30)40(47)38(34)28-8-6-5-7-9-28)39-35(42(50)46-16-18-54-19-17-46)24-44-48(39)36-14-15-43-23-27(36)3;/h10-15,20-24,26,28H,5-9,16-19,25H2,1-4H3,(H,45,49);1H. The zero-order valence-electron chi connectivity index (χ0n) is 31.7. The quantitative estimate of drug-likeness (QED) is 0.179. The maximum atomic E-state index is 14.4. The molecule has 0 bridgehead atoms. The number of allylic oxidation sites excluding steroid dienone is 1. The third kappa shape index (κ3) is 6.73. The summed E-state index contributed by atoms with van der Waals surface area (Å²) in [6.07, 6.45) is 12.8. The average molecular weight is 765 g/mol. The average Bonchev–Trinajstić information content (AvgIpc) is 3.72. The molecule has 0 spiro atoms. The number of carbonyl (C=O) groups is 2. The molecule has 55 heavy (non-hydrogen) atoms. The first kappa shape index (κ1) is 36.7. The van der Waals surface area contributed by atoms with E-state index in [0.29, 0.717) is 49.9 Å². The highest BCUT2D eigenvalue weighted by molar-refractivity contribution is 7.90. The van der Waals surface area contributed by atoms with Crippen LogP contribution in [0, 0.1) is 6.92 Å². The van der Waals surface area contributed by atoms with Crippen molar-refractivity contribution in [3.05, 3.63) is 94.6 Å². The van der Waals surface area contributed by atoms with E-state index in [1.54, 1.807) is 45.6 Å². The fourth-order valence-electron chi connectivity index (χ4n) is 8.27. The number of carbonyl (C=O) groups excluding carboxylic acids is 2.